The van der Waals surface area contributed by atoms with E-state index in [4.69, 9.17) is 17.3 Å². The molecule has 1 fully saturated rings. The van der Waals surface area contributed by atoms with Gasteiger partial charge in [0.25, 0.3) is 0 Å². The van der Waals surface area contributed by atoms with E-state index in [-0.39, 0.29) is 23.2 Å². The summed E-state index contributed by atoms with van der Waals surface area (Å²) in [6, 6.07) is 5.31. The van der Waals surface area contributed by atoms with E-state index >= 15 is 0 Å². The van der Waals surface area contributed by atoms with Crippen molar-refractivity contribution in [1.82, 2.24) is 4.90 Å². The Bertz CT molecular complexity index is 397. The van der Waals surface area contributed by atoms with Crippen molar-refractivity contribution in [3.8, 4) is 0 Å². The van der Waals surface area contributed by atoms with Gasteiger partial charge < -0.3 is 5.73 Å². The molecule has 2 rings (SSSR count). The van der Waals surface area contributed by atoms with E-state index in [9.17, 15) is 4.39 Å². The number of halogens is 3. The van der Waals surface area contributed by atoms with Crippen molar-refractivity contribution < 1.29 is 4.39 Å². The van der Waals surface area contributed by atoms with Crippen LogP contribution in [0.15, 0.2) is 18.2 Å². The normalized spacial score (nSPS) is 16.5. The first-order valence-electron chi connectivity index (χ1n) is 5.96. The zero-order valence-corrected chi connectivity index (χ0v) is 12.0. The second kappa shape index (κ2) is 6.71. The van der Waals surface area contributed by atoms with E-state index < -0.39 is 0 Å². The Morgan fingerprint density at radius 2 is 2.17 bits per heavy atom. The van der Waals surface area contributed by atoms with Gasteiger partial charge in [0.2, 0.25) is 0 Å². The summed E-state index contributed by atoms with van der Waals surface area (Å²) >= 11 is 5.77. The lowest BCUT2D eigenvalue weighted by molar-refractivity contribution is 0.215. The third kappa shape index (κ3) is 3.82. The van der Waals surface area contributed by atoms with Gasteiger partial charge in [-0.2, -0.15) is 0 Å². The number of rotatable bonds is 5. The molecule has 1 unspecified atom stereocenters. The first-order chi connectivity index (χ1) is 8.11. The van der Waals surface area contributed by atoms with Crippen LogP contribution >= 0.6 is 24.0 Å². The van der Waals surface area contributed by atoms with Gasteiger partial charge in [-0.3, -0.25) is 4.90 Å². The monoisotopic (exact) mass is 292 g/mol. The molecule has 0 spiro atoms. The topological polar surface area (TPSA) is 29.3 Å². The Morgan fingerprint density at radius 1 is 1.50 bits per heavy atom. The van der Waals surface area contributed by atoms with Crippen LogP contribution < -0.4 is 5.73 Å². The maximum absolute atomic E-state index is 13.0. The van der Waals surface area contributed by atoms with Gasteiger partial charge in [-0.25, -0.2) is 4.39 Å². The van der Waals surface area contributed by atoms with E-state index in [2.05, 4.69) is 11.9 Å². The van der Waals surface area contributed by atoms with Crippen LogP contribution in [0.1, 0.15) is 18.4 Å². The van der Waals surface area contributed by atoms with Crippen molar-refractivity contribution >= 4 is 24.0 Å². The van der Waals surface area contributed by atoms with Crippen molar-refractivity contribution in [2.45, 2.75) is 25.4 Å². The standard InChI is InChI=1S/C13H18ClFN2.ClH/c1-17(13(7-16)10-3-4-10)8-9-2-5-12(15)11(14)6-9;/h2,5-6,10,13H,3-4,7-8,16H2,1H3;1H. The average molecular weight is 293 g/mol. The molecule has 1 aromatic carbocycles. The molecule has 0 amide bonds. The van der Waals surface area contributed by atoms with Crippen molar-refractivity contribution in [1.29, 1.82) is 0 Å². The number of benzene rings is 1. The molecule has 0 saturated heterocycles. The fourth-order valence-corrected chi connectivity index (χ4v) is 2.46. The summed E-state index contributed by atoms with van der Waals surface area (Å²) in [4.78, 5) is 2.24. The summed E-state index contributed by atoms with van der Waals surface area (Å²) in [7, 11) is 2.06. The van der Waals surface area contributed by atoms with Crippen molar-refractivity contribution in [3.05, 3.63) is 34.6 Å². The molecule has 18 heavy (non-hydrogen) atoms. The Balaban J connectivity index is 0.00000162. The van der Waals surface area contributed by atoms with E-state index in [1.807, 2.05) is 0 Å². The van der Waals surface area contributed by atoms with Crippen LogP contribution in [0.3, 0.4) is 0 Å². The summed E-state index contributed by atoms with van der Waals surface area (Å²) in [5.41, 5.74) is 6.82. The van der Waals surface area contributed by atoms with Gasteiger partial charge in [-0.15, -0.1) is 12.4 Å². The molecule has 0 radical (unpaired) electrons. The minimum Gasteiger partial charge on any atom is -0.329 e. The van der Waals surface area contributed by atoms with Gasteiger partial charge in [-0.1, -0.05) is 17.7 Å². The second-order valence-electron chi connectivity index (χ2n) is 4.80. The van der Waals surface area contributed by atoms with E-state index in [1.165, 1.54) is 18.9 Å². The van der Waals surface area contributed by atoms with Crippen LogP contribution in [0.2, 0.25) is 5.02 Å². The molecule has 0 heterocycles. The maximum Gasteiger partial charge on any atom is 0.141 e. The highest BCUT2D eigenvalue weighted by molar-refractivity contribution is 6.30. The molecule has 1 aliphatic rings. The molecule has 1 aliphatic carbocycles. The van der Waals surface area contributed by atoms with Gasteiger partial charge in [0.15, 0.2) is 0 Å². The fraction of sp³-hybridized carbons (Fsp3) is 0.538. The summed E-state index contributed by atoms with van der Waals surface area (Å²) in [6.45, 7) is 1.44. The minimum absolute atomic E-state index is 0. The quantitative estimate of drug-likeness (QED) is 0.904. The Kier molecular flexibility index (Phi) is 5.86. The predicted octanol–water partition coefficient (Wildman–Crippen LogP) is 3.07. The highest BCUT2D eigenvalue weighted by Gasteiger charge is 2.32. The number of hydrogen-bond acceptors (Lipinski definition) is 2. The minimum atomic E-state index is -0.365. The van der Waals surface area contributed by atoms with Gasteiger partial charge in [0.1, 0.15) is 5.82 Å². The van der Waals surface area contributed by atoms with E-state index in [0.29, 0.717) is 12.6 Å². The van der Waals surface area contributed by atoms with E-state index in [1.54, 1.807) is 12.1 Å². The Morgan fingerprint density at radius 3 is 2.67 bits per heavy atom. The first-order valence-corrected chi connectivity index (χ1v) is 6.34. The number of nitrogens with two attached hydrogens (primary N) is 1. The second-order valence-corrected chi connectivity index (χ2v) is 5.21. The largest absolute Gasteiger partial charge is 0.329 e. The highest BCUT2D eigenvalue weighted by atomic mass is 35.5. The molecule has 102 valence electrons. The lowest BCUT2D eigenvalue weighted by Crippen LogP contribution is -2.39. The molecule has 5 heteroatoms. The van der Waals surface area contributed by atoms with Crippen LogP contribution in [-0.2, 0) is 6.54 Å². The lowest BCUT2D eigenvalue weighted by atomic mass is 10.1. The van der Waals surface area contributed by atoms with Crippen LogP contribution in [0.5, 0.6) is 0 Å². The molecule has 2 N–H and O–H groups in total. The predicted molar refractivity (Wildman–Crippen MR) is 75.7 cm³/mol. The van der Waals surface area contributed by atoms with Crippen molar-refractivity contribution in [2.24, 2.45) is 11.7 Å². The average Bonchev–Trinajstić information content (AvgIpc) is 3.09. The van der Waals surface area contributed by atoms with Crippen molar-refractivity contribution in [3.63, 3.8) is 0 Å². The molecule has 1 atom stereocenters. The Hall–Kier alpha value is -0.350. The third-order valence-electron chi connectivity index (χ3n) is 3.39. The zero-order chi connectivity index (χ0) is 12.4. The van der Waals surface area contributed by atoms with Crippen LogP contribution in [0.25, 0.3) is 0 Å². The summed E-state index contributed by atoms with van der Waals surface area (Å²) in [5, 5.41) is 0.187. The number of likely N-dealkylation sites (N-methyl/N-ethyl adjacent to an activating group) is 1. The smallest absolute Gasteiger partial charge is 0.141 e. The molecule has 1 saturated carbocycles. The number of nitrogens with zero attached hydrogens (tertiary/aromatic N) is 1. The Labute approximate surface area is 119 Å². The van der Waals surface area contributed by atoms with E-state index in [0.717, 1.165) is 18.0 Å². The fourth-order valence-electron chi connectivity index (χ4n) is 2.26. The summed E-state index contributed by atoms with van der Waals surface area (Å²) < 4.78 is 13.0. The molecule has 0 aromatic heterocycles. The third-order valence-corrected chi connectivity index (χ3v) is 3.68. The molecular formula is C13H19Cl2FN2. The van der Waals surface area contributed by atoms with Gasteiger partial charge >= 0.3 is 0 Å². The summed E-state index contributed by atoms with van der Waals surface area (Å²) in [5.74, 6) is 0.372. The molecule has 2 nitrogen and oxygen atoms in total. The lowest BCUT2D eigenvalue weighted by Gasteiger charge is -2.27. The maximum atomic E-state index is 13.0. The van der Waals surface area contributed by atoms with Crippen LogP contribution in [-0.4, -0.2) is 24.5 Å². The SMILES string of the molecule is CN(Cc1ccc(F)c(Cl)c1)C(CN)C1CC1.Cl. The van der Waals surface area contributed by atoms with Crippen LogP contribution in [0, 0.1) is 11.7 Å². The van der Waals surface area contributed by atoms with Gasteiger partial charge in [0, 0.05) is 19.1 Å². The molecule has 1 aromatic rings. The molecule has 0 aliphatic heterocycles. The highest BCUT2D eigenvalue weighted by Crippen LogP contribution is 2.35. The molecule has 0 bridgehead atoms. The first kappa shape index (κ1) is 15.7. The summed E-state index contributed by atoms with van der Waals surface area (Å²) in [6.07, 6.45) is 2.55. The molecular weight excluding hydrogens is 274 g/mol. The van der Waals surface area contributed by atoms with Gasteiger partial charge in [-0.05, 0) is 43.5 Å². The zero-order valence-electron chi connectivity index (χ0n) is 10.4. The van der Waals surface area contributed by atoms with Gasteiger partial charge in [0.05, 0.1) is 5.02 Å². The van der Waals surface area contributed by atoms with Crippen molar-refractivity contribution in [2.75, 3.05) is 13.6 Å². The number of hydrogen-bond donors (Lipinski definition) is 1. The van der Waals surface area contributed by atoms with Crippen LogP contribution in [0.4, 0.5) is 4.39 Å².